The average Bonchev–Trinajstić information content (AvgIpc) is 2.33. The molecule has 0 atom stereocenters. The molecule has 2 rings (SSSR count). The van der Waals surface area contributed by atoms with Gasteiger partial charge in [0, 0.05) is 10.6 Å². The van der Waals surface area contributed by atoms with Crippen molar-refractivity contribution in [1.29, 1.82) is 0 Å². The Morgan fingerprint density at radius 3 is 2.29 bits per heavy atom. The van der Waals surface area contributed by atoms with E-state index in [9.17, 15) is 0 Å². The Labute approximate surface area is 111 Å². The third-order valence-electron chi connectivity index (χ3n) is 2.25. The lowest BCUT2D eigenvalue weighted by atomic mass is 10.2. The van der Waals surface area contributed by atoms with Gasteiger partial charge in [0.1, 0.15) is 4.32 Å². The Balaban J connectivity index is 1.96. The number of thioether (sulfide) groups is 1. The molecule has 0 aliphatic carbocycles. The zero-order valence-electron chi connectivity index (χ0n) is 9.51. The first kappa shape index (κ1) is 12.1. The zero-order valence-corrected chi connectivity index (χ0v) is 11.1. The minimum atomic E-state index is 0.764. The quantitative estimate of drug-likeness (QED) is 0.630. The van der Waals surface area contributed by atoms with Crippen molar-refractivity contribution in [2.75, 3.05) is 5.32 Å². The second-order valence-corrected chi connectivity index (χ2v) is 5.44. The molecule has 0 unspecified atom stereocenters. The van der Waals surface area contributed by atoms with E-state index in [-0.39, 0.29) is 0 Å². The van der Waals surface area contributed by atoms with Crippen LogP contribution in [0.3, 0.4) is 0 Å². The normalized spacial score (nSPS) is 9.94. The van der Waals surface area contributed by atoms with E-state index in [4.69, 9.17) is 12.2 Å². The summed E-state index contributed by atoms with van der Waals surface area (Å²) in [6.07, 6.45) is 0. The van der Waals surface area contributed by atoms with Gasteiger partial charge in [-0.1, -0.05) is 59.9 Å². The standard InChI is InChI=1S/C14H13NS2/c1-11-7-9-13(10-8-11)17-14(16)15-12-5-3-2-4-6-12/h2-10H,1H3,(H,15,16). The van der Waals surface area contributed by atoms with E-state index in [1.54, 1.807) is 11.8 Å². The molecule has 2 aromatic rings. The lowest BCUT2D eigenvalue weighted by Crippen LogP contribution is -2.03. The van der Waals surface area contributed by atoms with Gasteiger partial charge >= 0.3 is 0 Å². The first-order valence-electron chi connectivity index (χ1n) is 5.34. The SMILES string of the molecule is Cc1ccc(SC(=S)Nc2ccccc2)cc1. The molecule has 0 amide bonds. The van der Waals surface area contributed by atoms with Gasteiger partial charge in [0.05, 0.1) is 0 Å². The molecule has 0 bridgehead atoms. The molecule has 0 fully saturated rings. The molecule has 0 aliphatic heterocycles. The lowest BCUT2D eigenvalue weighted by molar-refractivity contribution is 1.38. The van der Waals surface area contributed by atoms with E-state index < -0.39 is 0 Å². The third-order valence-corrected chi connectivity index (χ3v) is 3.40. The van der Waals surface area contributed by atoms with Crippen molar-refractivity contribution < 1.29 is 0 Å². The fourth-order valence-corrected chi connectivity index (χ4v) is 2.44. The van der Waals surface area contributed by atoms with Gasteiger partial charge in [-0.15, -0.1) is 0 Å². The Kier molecular flexibility index (Phi) is 4.18. The van der Waals surface area contributed by atoms with Crippen LogP contribution in [0.25, 0.3) is 0 Å². The summed E-state index contributed by atoms with van der Waals surface area (Å²) in [6, 6.07) is 18.3. The number of anilines is 1. The molecule has 0 radical (unpaired) electrons. The van der Waals surface area contributed by atoms with Gasteiger partial charge in [-0.05, 0) is 31.2 Å². The fraction of sp³-hybridized carbons (Fsp3) is 0.0714. The Morgan fingerprint density at radius 2 is 1.65 bits per heavy atom. The zero-order chi connectivity index (χ0) is 12.1. The number of nitrogens with one attached hydrogen (secondary N) is 1. The highest BCUT2D eigenvalue weighted by Gasteiger charge is 2.00. The number of hydrogen-bond donors (Lipinski definition) is 1. The van der Waals surface area contributed by atoms with Gasteiger partial charge in [-0.25, -0.2) is 0 Å². The second-order valence-electron chi connectivity index (χ2n) is 3.69. The smallest absolute Gasteiger partial charge is 0.143 e. The molecule has 0 saturated heterocycles. The molecular weight excluding hydrogens is 246 g/mol. The largest absolute Gasteiger partial charge is 0.341 e. The van der Waals surface area contributed by atoms with Crippen molar-refractivity contribution in [2.45, 2.75) is 11.8 Å². The first-order valence-corrected chi connectivity index (χ1v) is 6.57. The van der Waals surface area contributed by atoms with Crippen LogP contribution in [-0.4, -0.2) is 4.32 Å². The number of para-hydroxylation sites is 1. The molecule has 0 aromatic heterocycles. The molecular formula is C14H13NS2. The predicted octanol–water partition coefficient (Wildman–Crippen LogP) is 4.48. The van der Waals surface area contributed by atoms with Crippen LogP contribution in [0.4, 0.5) is 5.69 Å². The molecule has 0 heterocycles. The number of aryl methyl sites for hydroxylation is 1. The van der Waals surface area contributed by atoms with Crippen molar-refractivity contribution in [1.82, 2.24) is 0 Å². The van der Waals surface area contributed by atoms with E-state index in [2.05, 4.69) is 36.5 Å². The number of thiocarbonyl (C=S) groups is 1. The minimum Gasteiger partial charge on any atom is -0.341 e. The maximum Gasteiger partial charge on any atom is 0.143 e. The maximum atomic E-state index is 5.30. The van der Waals surface area contributed by atoms with Crippen LogP contribution >= 0.6 is 24.0 Å². The number of benzene rings is 2. The monoisotopic (exact) mass is 259 g/mol. The van der Waals surface area contributed by atoms with E-state index in [0.29, 0.717) is 0 Å². The molecule has 0 aliphatic rings. The van der Waals surface area contributed by atoms with Gasteiger partial charge in [-0.2, -0.15) is 0 Å². The summed E-state index contributed by atoms with van der Waals surface area (Å²) < 4.78 is 0.764. The van der Waals surface area contributed by atoms with Crippen LogP contribution < -0.4 is 5.32 Å². The van der Waals surface area contributed by atoms with Crippen molar-refractivity contribution in [3.8, 4) is 0 Å². The van der Waals surface area contributed by atoms with Crippen molar-refractivity contribution in [2.24, 2.45) is 0 Å². The van der Waals surface area contributed by atoms with Gasteiger partial charge in [0.25, 0.3) is 0 Å². The summed E-state index contributed by atoms with van der Waals surface area (Å²) >= 11 is 6.87. The van der Waals surface area contributed by atoms with Crippen LogP contribution in [0.2, 0.25) is 0 Å². The molecule has 3 heteroatoms. The van der Waals surface area contributed by atoms with Crippen molar-refractivity contribution in [3.05, 3.63) is 60.2 Å². The topological polar surface area (TPSA) is 12.0 Å². The lowest BCUT2D eigenvalue weighted by Gasteiger charge is -2.07. The van der Waals surface area contributed by atoms with Gasteiger partial charge in [0.15, 0.2) is 0 Å². The van der Waals surface area contributed by atoms with Crippen molar-refractivity contribution in [3.63, 3.8) is 0 Å². The highest BCUT2D eigenvalue weighted by Crippen LogP contribution is 2.21. The molecule has 2 aromatic carbocycles. The molecule has 86 valence electrons. The fourth-order valence-electron chi connectivity index (χ4n) is 1.38. The summed E-state index contributed by atoms with van der Waals surface area (Å²) in [7, 11) is 0. The predicted molar refractivity (Wildman–Crippen MR) is 79.7 cm³/mol. The Hall–Kier alpha value is -1.32. The van der Waals surface area contributed by atoms with E-state index in [1.165, 1.54) is 5.56 Å². The Bertz CT molecular complexity index is 491. The third kappa shape index (κ3) is 3.88. The molecule has 17 heavy (non-hydrogen) atoms. The summed E-state index contributed by atoms with van der Waals surface area (Å²) in [4.78, 5) is 1.16. The minimum absolute atomic E-state index is 0.764. The second kappa shape index (κ2) is 5.84. The molecule has 1 N–H and O–H groups in total. The van der Waals surface area contributed by atoms with E-state index >= 15 is 0 Å². The van der Waals surface area contributed by atoms with E-state index in [1.807, 2.05) is 30.3 Å². The molecule has 0 saturated carbocycles. The Morgan fingerprint density at radius 1 is 1.00 bits per heavy atom. The summed E-state index contributed by atoms with van der Waals surface area (Å²) in [5, 5.41) is 3.20. The number of hydrogen-bond acceptors (Lipinski definition) is 2. The first-order chi connectivity index (χ1) is 8.24. The van der Waals surface area contributed by atoms with Crippen LogP contribution in [0.1, 0.15) is 5.56 Å². The van der Waals surface area contributed by atoms with Crippen molar-refractivity contribution >= 4 is 34.0 Å². The van der Waals surface area contributed by atoms with Gasteiger partial charge in [-0.3, -0.25) is 0 Å². The van der Waals surface area contributed by atoms with Crippen LogP contribution in [0.15, 0.2) is 59.5 Å². The number of rotatable bonds is 2. The maximum absolute atomic E-state index is 5.30. The van der Waals surface area contributed by atoms with Gasteiger partial charge < -0.3 is 5.32 Å². The summed E-state index contributed by atoms with van der Waals surface area (Å²) in [5.74, 6) is 0. The highest BCUT2D eigenvalue weighted by molar-refractivity contribution is 8.23. The van der Waals surface area contributed by atoms with Crippen LogP contribution in [0.5, 0.6) is 0 Å². The average molecular weight is 259 g/mol. The van der Waals surface area contributed by atoms with E-state index in [0.717, 1.165) is 14.9 Å². The van der Waals surface area contributed by atoms with Crippen LogP contribution in [-0.2, 0) is 0 Å². The summed E-state index contributed by atoms with van der Waals surface area (Å²) in [6.45, 7) is 2.08. The van der Waals surface area contributed by atoms with Gasteiger partial charge in [0.2, 0.25) is 0 Å². The highest BCUT2D eigenvalue weighted by atomic mass is 32.2. The van der Waals surface area contributed by atoms with Crippen LogP contribution in [0, 0.1) is 6.92 Å². The molecule has 1 nitrogen and oxygen atoms in total. The summed E-state index contributed by atoms with van der Waals surface area (Å²) in [5.41, 5.74) is 2.29. The molecule has 0 spiro atoms.